The number of hydrogen-bond acceptors (Lipinski definition) is 4. The molecule has 6 rings (SSSR count). The van der Waals surface area contributed by atoms with Crippen LogP contribution in [0.2, 0.25) is 0 Å². The van der Waals surface area contributed by atoms with Crippen molar-refractivity contribution < 1.29 is 9.53 Å². The molecule has 0 saturated heterocycles. The summed E-state index contributed by atoms with van der Waals surface area (Å²) in [4.78, 5) is 22.3. The SMILES string of the molecule is COC(=O)c1ccc2c(c1)nc(-c1cccc3nc([Se])n(CCCc4ccccc4)c13)n2CCC1=CCCCC1. The number of carbonyl (C=O) groups is 1. The van der Waals surface area contributed by atoms with Gasteiger partial charge in [0.15, 0.2) is 0 Å². The van der Waals surface area contributed by atoms with Crippen molar-refractivity contribution in [2.75, 3.05) is 7.11 Å². The molecule has 203 valence electrons. The van der Waals surface area contributed by atoms with Crippen LogP contribution in [0.4, 0.5) is 0 Å². The second kappa shape index (κ2) is 11.8. The van der Waals surface area contributed by atoms with Gasteiger partial charge in [0.2, 0.25) is 0 Å². The van der Waals surface area contributed by atoms with Crippen molar-refractivity contribution in [2.24, 2.45) is 0 Å². The predicted molar refractivity (Wildman–Crippen MR) is 161 cm³/mol. The molecule has 0 spiro atoms. The average Bonchev–Trinajstić information content (AvgIpc) is 3.52. The first-order valence-electron chi connectivity index (χ1n) is 14.1. The molecule has 0 amide bonds. The Bertz CT molecular complexity index is 1700. The molecule has 0 fully saturated rings. The first-order chi connectivity index (χ1) is 19.6. The number of hydrogen-bond donors (Lipinski definition) is 0. The number of methoxy groups -OCH3 is 1. The second-order valence-corrected chi connectivity index (χ2v) is 11.2. The quantitative estimate of drug-likeness (QED) is 0.116. The Kier molecular flexibility index (Phi) is 7.85. The van der Waals surface area contributed by atoms with Gasteiger partial charge >= 0.3 is 243 Å². The summed E-state index contributed by atoms with van der Waals surface area (Å²) in [5, 5.41) is 0. The van der Waals surface area contributed by atoms with E-state index < -0.39 is 0 Å². The van der Waals surface area contributed by atoms with Gasteiger partial charge in [-0.15, -0.1) is 0 Å². The molecular weight excluding hydrogens is 563 g/mol. The maximum absolute atomic E-state index is 12.3. The Balaban J connectivity index is 1.43. The fourth-order valence-electron chi connectivity index (χ4n) is 5.83. The first kappa shape index (κ1) is 26.5. The fraction of sp³-hybridized carbons (Fsp3) is 0.303. The number of rotatable bonds is 9. The molecular formula is C33H33N4O2Se. The maximum atomic E-state index is 12.3. The van der Waals surface area contributed by atoms with E-state index in [1.54, 1.807) is 0 Å². The van der Waals surface area contributed by atoms with Crippen LogP contribution in [-0.4, -0.2) is 48.2 Å². The number of fused-ring (bicyclic) bond motifs is 2. The van der Waals surface area contributed by atoms with E-state index in [1.807, 2.05) is 18.2 Å². The minimum absolute atomic E-state index is 0.352. The van der Waals surface area contributed by atoms with Crippen LogP contribution in [0.3, 0.4) is 0 Å². The van der Waals surface area contributed by atoms with Gasteiger partial charge in [-0.25, -0.2) is 0 Å². The van der Waals surface area contributed by atoms with Gasteiger partial charge in [-0.2, -0.15) is 0 Å². The van der Waals surface area contributed by atoms with Crippen molar-refractivity contribution in [1.82, 2.24) is 19.1 Å². The number of imidazole rings is 2. The van der Waals surface area contributed by atoms with Crippen molar-refractivity contribution in [1.29, 1.82) is 0 Å². The van der Waals surface area contributed by atoms with Gasteiger partial charge in [0, 0.05) is 0 Å². The van der Waals surface area contributed by atoms with Crippen LogP contribution in [0.25, 0.3) is 33.5 Å². The number of allylic oxidation sites excluding steroid dienone is 2. The molecule has 2 aromatic heterocycles. The molecule has 0 N–H and O–H groups in total. The van der Waals surface area contributed by atoms with Gasteiger partial charge in [0.1, 0.15) is 0 Å². The van der Waals surface area contributed by atoms with Crippen molar-refractivity contribution in [3.05, 3.63) is 89.5 Å². The summed E-state index contributed by atoms with van der Waals surface area (Å²) >= 11 is 3.19. The third-order valence-corrected chi connectivity index (χ3v) is 8.53. The molecule has 1 radical (unpaired) electrons. The number of para-hydroxylation sites is 1. The van der Waals surface area contributed by atoms with E-state index in [9.17, 15) is 4.79 Å². The van der Waals surface area contributed by atoms with Gasteiger partial charge in [-0.05, 0) is 0 Å². The Labute approximate surface area is 242 Å². The summed E-state index contributed by atoms with van der Waals surface area (Å²) in [5.74, 6) is 0.554. The Morgan fingerprint density at radius 2 is 1.80 bits per heavy atom. The zero-order valence-electron chi connectivity index (χ0n) is 22.8. The van der Waals surface area contributed by atoms with Crippen LogP contribution in [0, 0.1) is 0 Å². The standard InChI is InChI=1S/C33H33N4O2Se/c1-39-32(38)25-17-18-29-28(22-25)34-31(36(29)21-19-24-12-6-3-7-13-24)26-15-8-16-27-30(26)37(33(40)35-27)20-9-14-23-10-4-2-5-11-23/h2,4-5,8,10-12,15-18,22H,3,6-7,9,13-14,19-21H2,1H3. The van der Waals surface area contributed by atoms with E-state index in [0.29, 0.717) is 5.56 Å². The van der Waals surface area contributed by atoms with Crippen LogP contribution >= 0.6 is 0 Å². The van der Waals surface area contributed by atoms with Crippen LogP contribution in [-0.2, 0) is 24.2 Å². The second-order valence-electron chi connectivity index (χ2n) is 10.4. The summed E-state index contributed by atoms with van der Waals surface area (Å²) in [6.45, 7) is 1.68. The molecule has 0 bridgehead atoms. The Morgan fingerprint density at radius 1 is 0.925 bits per heavy atom. The zero-order valence-corrected chi connectivity index (χ0v) is 24.5. The van der Waals surface area contributed by atoms with E-state index in [1.165, 1.54) is 43.9 Å². The van der Waals surface area contributed by atoms with Crippen molar-refractivity contribution in [3.8, 4) is 11.4 Å². The summed E-state index contributed by atoms with van der Waals surface area (Å²) < 4.78 is 10.5. The fourth-order valence-corrected chi connectivity index (χ4v) is 6.42. The molecule has 7 heteroatoms. The topological polar surface area (TPSA) is 61.9 Å². The van der Waals surface area contributed by atoms with E-state index in [0.717, 1.165) is 70.5 Å². The van der Waals surface area contributed by atoms with Gasteiger partial charge in [0.25, 0.3) is 0 Å². The normalized spacial score (nSPS) is 13.6. The molecule has 3 aromatic carbocycles. The summed E-state index contributed by atoms with van der Waals surface area (Å²) in [6, 6.07) is 22.6. The minimum atomic E-state index is -0.352. The van der Waals surface area contributed by atoms with Crippen LogP contribution < -0.4 is 4.72 Å². The molecule has 0 unspecified atom stereocenters. The number of aromatic nitrogens is 4. The Hall–Kier alpha value is -3.67. The van der Waals surface area contributed by atoms with E-state index >= 15 is 0 Å². The Morgan fingerprint density at radius 3 is 2.60 bits per heavy atom. The van der Waals surface area contributed by atoms with Gasteiger partial charge in [0.05, 0.1) is 0 Å². The number of ether oxygens (including phenoxy) is 1. The van der Waals surface area contributed by atoms with Crippen molar-refractivity contribution in [2.45, 2.75) is 58.0 Å². The number of benzene rings is 3. The third-order valence-electron chi connectivity index (χ3n) is 7.87. The van der Waals surface area contributed by atoms with Crippen LogP contribution in [0.1, 0.15) is 54.4 Å². The third kappa shape index (κ3) is 5.36. The van der Waals surface area contributed by atoms with E-state index in [2.05, 4.69) is 79.8 Å². The van der Waals surface area contributed by atoms with Gasteiger partial charge in [-0.1, -0.05) is 0 Å². The van der Waals surface area contributed by atoms with Crippen molar-refractivity contribution in [3.63, 3.8) is 0 Å². The molecule has 2 heterocycles. The van der Waals surface area contributed by atoms with Gasteiger partial charge in [-0.3, -0.25) is 0 Å². The monoisotopic (exact) mass is 597 g/mol. The molecule has 1 aliphatic carbocycles. The van der Waals surface area contributed by atoms with Gasteiger partial charge < -0.3 is 0 Å². The number of aryl methyl sites for hydroxylation is 3. The number of nitrogens with zero attached hydrogens (tertiary/aromatic N) is 4. The molecule has 0 atom stereocenters. The van der Waals surface area contributed by atoms with E-state index in [4.69, 9.17) is 14.7 Å². The number of carbonyl (C=O) groups excluding carboxylic acids is 1. The molecule has 0 saturated carbocycles. The summed E-state index contributed by atoms with van der Waals surface area (Å²) in [7, 11) is 1.41. The molecule has 40 heavy (non-hydrogen) atoms. The molecule has 5 aromatic rings. The summed E-state index contributed by atoms with van der Waals surface area (Å²) in [6.07, 6.45) is 10.3. The molecule has 0 aliphatic heterocycles. The van der Waals surface area contributed by atoms with Crippen LogP contribution in [0.15, 0.2) is 78.4 Å². The first-order valence-corrected chi connectivity index (χ1v) is 14.9. The van der Waals surface area contributed by atoms with E-state index in [-0.39, 0.29) is 5.97 Å². The number of esters is 1. The average molecular weight is 597 g/mol. The molecule has 6 nitrogen and oxygen atoms in total. The summed E-state index contributed by atoms with van der Waals surface area (Å²) in [5.41, 5.74) is 8.30. The molecule has 1 aliphatic rings. The predicted octanol–water partition coefficient (Wildman–Crippen LogP) is 6.16. The van der Waals surface area contributed by atoms with Crippen LogP contribution in [0.5, 0.6) is 0 Å². The van der Waals surface area contributed by atoms with Crippen molar-refractivity contribution >= 4 is 48.8 Å². The zero-order chi connectivity index (χ0) is 27.5.